The molecule has 0 atom stereocenters. The molecule has 3 nitrogen and oxygen atoms in total. The van der Waals surface area contributed by atoms with Crippen LogP contribution in [-0.4, -0.2) is 28.1 Å². The maximum atomic E-state index is 11.0. The van der Waals surface area contributed by atoms with Crippen molar-refractivity contribution in [3.05, 3.63) is 90.1 Å². The van der Waals surface area contributed by atoms with E-state index in [1.165, 1.54) is 0 Å². The minimum absolute atomic E-state index is 0.697. The van der Waals surface area contributed by atoms with Crippen LogP contribution in [0.5, 0.6) is 0 Å². The molecular formula is C23H24N2O. The number of pyridine rings is 1. The van der Waals surface area contributed by atoms with Crippen LogP contribution in [0.2, 0.25) is 0 Å². The number of rotatable bonds is 4. The molecule has 1 aliphatic rings. The summed E-state index contributed by atoms with van der Waals surface area (Å²) in [5.74, 6) is 0. The minimum atomic E-state index is -0.697. The number of hydrogen-bond donors (Lipinski definition) is 1. The Balaban J connectivity index is 1.42. The monoisotopic (exact) mass is 344 g/mol. The van der Waals surface area contributed by atoms with Crippen molar-refractivity contribution in [3.8, 4) is 11.3 Å². The van der Waals surface area contributed by atoms with Gasteiger partial charge in [-0.2, -0.15) is 0 Å². The molecule has 2 aromatic carbocycles. The third-order valence-electron chi connectivity index (χ3n) is 5.26. The first-order valence-corrected chi connectivity index (χ1v) is 9.25. The quantitative estimate of drug-likeness (QED) is 0.769. The van der Waals surface area contributed by atoms with Crippen LogP contribution in [0.25, 0.3) is 11.3 Å². The van der Waals surface area contributed by atoms with Gasteiger partial charge < -0.3 is 5.11 Å². The predicted molar refractivity (Wildman–Crippen MR) is 105 cm³/mol. The maximum Gasteiger partial charge on any atom is 0.0920 e. The van der Waals surface area contributed by atoms with Crippen LogP contribution in [-0.2, 0) is 12.1 Å². The molecule has 1 N–H and O–H groups in total. The van der Waals surface area contributed by atoms with Gasteiger partial charge in [0.1, 0.15) is 0 Å². The lowest BCUT2D eigenvalue weighted by Crippen LogP contribution is -2.42. The molecule has 0 aliphatic carbocycles. The molecule has 1 aliphatic heterocycles. The van der Waals surface area contributed by atoms with Crippen molar-refractivity contribution in [1.82, 2.24) is 9.88 Å². The summed E-state index contributed by atoms with van der Waals surface area (Å²) in [7, 11) is 0. The van der Waals surface area contributed by atoms with Crippen molar-refractivity contribution in [3.63, 3.8) is 0 Å². The molecule has 0 unspecified atom stereocenters. The molecule has 2 heterocycles. The van der Waals surface area contributed by atoms with E-state index in [0.29, 0.717) is 0 Å². The standard InChI is InChI=1S/C23H24N2O/c26-23(20-10-5-2-6-11-20)14-16-25(17-15-23)18-21-12-7-13-22(24-21)19-8-3-1-4-9-19/h1-13,26H,14-18H2. The van der Waals surface area contributed by atoms with Crippen molar-refractivity contribution < 1.29 is 5.11 Å². The summed E-state index contributed by atoms with van der Waals surface area (Å²) in [6.45, 7) is 2.58. The van der Waals surface area contributed by atoms with E-state index in [1.807, 2.05) is 48.5 Å². The fraction of sp³-hybridized carbons (Fsp3) is 0.261. The molecule has 1 aromatic heterocycles. The molecule has 4 rings (SSSR count). The normalized spacial score (nSPS) is 17.1. The van der Waals surface area contributed by atoms with Gasteiger partial charge in [0.05, 0.1) is 17.0 Å². The van der Waals surface area contributed by atoms with E-state index in [-0.39, 0.29) is 0 Å². The van der Waals surface area contributed by atoms with E-state index in [0.717, 1.165) is 55.0 Å². The Morgan fingerprint density at radius 3 is 2.15 bits per heavy atom. The Hall–Kier alpha value is -2.49. The summed E-state index contributed by atoms with van der Waals surface area (Å²) in [4.78, 5) is 7.21. The zero-order valence-corrected chi connectivity index (χ0v) is 14.9. The molecule has 1 saturated heterocycles. The van der Waals surface area contributed by atoms with Crippen LogP contribution in [0.1, 0.15) is 24.1 Å². The van der Waals surface area contributed by atoms with E-state index >= 15 is 0 Å². The Bertz CT molecular complexity index is 840. The molecule has 0 amide bonds. The van der Waals surface area contributed by atoms with Crippen molar-refractivity contribution in [1.29, 1.82) is 0 Å². The fourth-order valence-corrected chi connectivity index (χ4v) is 3.68. The summed E-state index contributed by atoms with van der Waals surface area (Å²) in [5.41, 5.74) is 3.57. The summed E-state index contributed by atoms with van der Waals surface area (Å²) in [5, 5.41) is 11.0. The molecule has 0 spiro atoms. The lowest BCUT2D eigenvalue weighted by molar-refractivity contribution is -0.0279. The second-order valence-corrected chi connectivity index (χ2v) is 7.05. The highest BCUT2D eigenvalue weighted by Crippen LogP contribution is 2.33. The van der Waals surface area contributed by atoms with Gasteiger partial charge in [-0.05, 0) is 30.5 Å². The first-order valence-electron chi connectivity index (χ1n) is 9.25. The third kappa shape index (κ3) is 3.69. The second kappa shape index (κ2) is 7.40. The number of piperidine rings is 1. The largest absolute Gasteiger partial charge is 0.385 e. The Morgan fingerprint density at radius 1 is 0.808 bits per heavy atom. The van der Waals surface area contributed by atoms with Crippen molar-refractivity contribution in [2.75, 3.05) is 13.1 Å². The summed E-state index contributed by atoms with van der Waals surface area (Å²) in [6, 6.07) is 26.6. The number of aliphatic hydroxyl groups is 1. The average Bonchev–Trinajstić information content (AvgIpc) is 2.71. The topological polar surface area (TPSA) is 36.4 Å². The van der Waals surface area contributed by atoms with Gasteiger partial charge in [0.25, 0.3) is 0 Å². The molecule has 3 heteroatoms. The second-order valence-electron chi connectivity index (χ2n) is 7.05. The van der Waals surface area contributed by atoms with Crippen LogP contribution in [0.3, 0.4) is 0 Å². The molecular weight excluding hydrogens is 320 g/mol. The van der Waals surface area contributed by atoms with Crippen LogP contribution < -0.4 is 0 Å². The van der Waals surface area contributed by atoms with Gasteiger partial charge in [0.15, 0.2) is 0 Å². The Kier molecular flexibility index (Phi) is 4.83. The van der Waals surface area contributed by atoms with Crippen LogP contribution in [0, 0.1) is 0 Å². The molecule has 0 bridgehead atoms. The average molecular weight is 344 g/mol. The molecule has 132 valence electrons. The molecule has 1 fully saturated rings. The van der Waals surface area contributed by atoms with E-state index in [2.05, 4.69) is 35.2 Å². The molecule has 0 saturated carbocycles. The van der Waals surface area contributed by atoms with Crippen LogP contribution in [0.4, 0.5) is 0 Å². The minimum Gasteiger partial charge on any atom is -0.385 e. The Labute approximate surface area is 155 Å². The van der Waals surface area contributed by atoms with Gasteiger partial charge in [0.2, 0.25) is 0 Å². The highest BCUT2D eigenvalue weighted by atomic mass is 16.3. The summed E-state index contributed by atoms with van der Waals surface area (Å²) < 4.78 is 0. The van der Waals surface area contributed by atoms with Gasteiger partial charge in [-0.3, -0.25) is 9.88 Å². The van der Waals surface area contributed by atoms with Crippen molar-refractivity contribution in [2.45, 2.75) is 25.0 Å². The molecule has 26 heavy (non-hydrogen) atoms. The fourth-order valence-electron chi connectivity index (χ4n) is 3.68. The van der Waals surface area contributed by atoms with E-state index in [4.69, 9.17) is 4.98 Å². The van der Waals surface area contributed by atoms with Crippen molar-refractivity contribution >= 4 is 0 Å². The van der Waals surface area contributed by atoms with E-state index in [9.17, 15) is 5.11 Å². The number of aromatic nitrogens is 1. The summed E-state index contributed by atoms with van der Waals surface area (Å²) >= 11 is 0. The van der Waals surface area contributed by atoms with Gasteiger partial charge in [-0.25, -0.2) is 0 Å². The van der Waals surface area contributed by atoms with E-state index < -0.39 is 5.60 Å². The smallest absolute Gasteiger partial charge is 0.0920 e. The Morgan fingerprint density at radius 2 is 1.46 bits per heavy atom. The third-order valence-corrected chi connectivity index (χ3v) is 5.26. The number of benzene rings is 2. The first-order chi connectivity index (χ1) is 12.7. The van der Waals surface area contributed by atoms with Gasteiger partial charge in [0, 0.05) is 25.2 Å². The number of likely N-dealkylation sites (tertiary alicyclic amines) is 1. The van der Waals surface area contributed by atoms with E-state index in [1.54, 1.807) is 0 Å². The van der Waals surface area contributed by atoms with Gasteiger partial charge in [-0.15, -0.1) is 0 Å². The highest BCUT2D eigenvalue weighted by Gasteiger charge is 2.33. The zero-order chi connectivity index (χ0) is 17.8. The lowest BCUT2D eigenvalue weighted by Gasteiger charge is -2.38. The molecule has 0 radical (unpaired) electrons. The number of nitrogens with zero attached hydrogens (tertiary/aromatic N) is 2. The maximum absolute atomic E-state index is 11.0. The van der Waals surface area contributed by atoms with Gasteiger partial charge in [-0.1, -0.05) is 66.7 Å². The lowest BCUT2D eigenvalue weighted by atomic mass is 9.84. The van der Waals surface area contributed by atoms with Gasteiger partial charge >= 0.3 is 0 Å². The number of hydrogen-bond acceptors (Lipinski definition) is 3. The van der Waals surface area contributed by atoms with Crippen molar-refractivity contribution in [2.24, 2.45) is 0 Å². The van der Waals surface area contributed by atoms with Crippen LogP contribution in [0.15, 0.2) is 78.9 Å². The zero-order valence-electron chi connectivity index (χ0n) is 14.9. The molecule has 3 aromatic rings. The first kappa shape index (κ1) is 17.0. The summed E-state index contributed by atoms with van der Waals surface area (Å²) in [6.07, 6.45) is 1.52. The van der Waals surface area contributed by atoms with Crippen LogP contribution >= 0.6 is 0 Å². The highest BCUT2D eigenvalue weighted by molar-refractivity contribution is 5.58. The SMILES string of the molecule is OC1(c2ccccc2)CCN(Cc2cccc(-c3ccccc3)n2)CC1. The predicted octanol–water partition coefficient (Wildman–Crippen LogP) is 4.23.